The number of halogens is 1. The molecule has 1 aromatic rings. The number of hydrogen-bond acceptors (Lipinski definition) is 3. The minimum absolute atomic E-state index is 0.00419. The highest BCUT2D eigenvalue weighted by atomic mass is 127. The van der Waals surface area contributed by atoms with Gasteiger partial charge in [0.05, 0.1) is 5.92 Å². The number of ether oxygens (including phenoxy) is 1. The van der Waals surface area contributed by atoms with Crippen molar-refractivity contribution in [1.82, 2.24) is 0 Å². The fourth-order valence-electron chi connectivity index (χ4n) is 1.66. The summed E-state index contributed by atoms with van der Waals surface area (Å²) in [5.41, 5.74) is 0.711. The molecule has 0 aromatic heterocycles. The van der Waals surface area contributed by atoms with Gasteiger partial charge in [-0.2, -0.15) is 0 Å². The van der Waals surface area contributed by atoms with Crippen molar-refractivity contribution >= 4 is 40.2 Å². The first-order chi connectivity index (χ1) is 8.56. The van der Waals surface area contributed by atoms with E-state index in [1.54, 1.807) is 6.07 Å². The lowest BCUT2D eigenvalue weighted by Gasteiger charge is -2.06. The van der Waals surface area contributed by atoms with E-state index >= 15 is 0 Å². The first kappa shape index (κ1) is 13.3. The molecule has 0 spiro atoms. The first-order valence-corrected chi connectivity index (χ1v) is 6.86. The number of amides is 1. The zero-order chi connectivity index (χ0) is 13.1. The summed E-state index contributed by atoms with van der Waals surface area (Å²) in [7, 11) is 0. The summed E-state index contributed by atoms with van der Waals surface area (Å²) in [6.45, 7) is 1.78. The Kier molecular flexibility index (Phi) is 4.21. The maximum Gasteiger partial charge on any atom is 0.309 e. The van der Waals surface area contributed by atoms with Crippen LogP contribution < -0.4 is 5.32 Å². The summed E-state index contributed by atoms with van der Waals surface area (Å²) in [5, 5.41) is 2.69. The molecule has 4 nitrogen and oxygen atoms in total. The van der Waals surface area contributed by atoms with Gasteiger partial charge < -0.3 is 10.1 Å². The monoisotopic (exact) mass is 359 g/mol. The smallest absolute Gasteiger partial charge is 0.309 e. The third-order valence-electron chi connectivity index (χ3n) is 2.87. The molecule has 0 bridgehead atoms. The van der Waals surface area contributed by atoms with Crippen LogP contribution >= 0.6 is 22.6 Å². The highest BCUT2D eigenvalue weighted by Crippen LogP contribution is 2.38. The van der Waals surface area contributed by atoms with Gasteiger partial charge in [-0.1, -0.05) is 13.0 Å². The predicted octanol–water partition coefficient (Wildman–Crippen LogP) is 2.43. The van der Waals surface area contributed by atoms with E-state index in [2.05, 4.69) is 27.9 Å². The van der Waals surface area contributed by atoms with E-state index in [0.29, 0.717) is 11.6 Å². The molecule has 96 valence electrons. The summed E-state index contributed by atoms with van der Waals surface area (Å²) in [4.78, 5) is 23.0. The van der Waals surface area contributed by atoms with E-state index in [1.165, 1.54) is 0 Å². The van der Waals surface area contributed by atoms with Crippen LogP contribution in [0, 0.1) is 15.4 Å². The zero-order valence-electron chi connectivity index (χ0n) is 9.98. The van der Waals surface area contributed by atoms with Crippen molar-refractivity contribution in [2.75, 3.05) is 11.9 Å². The van der Waals surface area contributed by atoms with Gasteiger partial charge in [0.25, 0.3) is 5.91 Å². The van der Waals surface area contributed by atoms with Gasteiger partial charge in [0, 0.05) is 9.26 Å². The van der Waals surface area contributed by atoms with Gasteiger partial charge in [0.2, 0.25) is 0 Å². The number of rotatable bonds is 4. The Labute approximate surface area is 119 Å². The van der Waals surface area contributed by atoms with Gasteiger partial charge in [-0.15, -0.1) is 0 Å². The van der Waals surface area contributed by atoms with Gasteiger partial charge in [0.1, 0.15) is 0 Å². The van der Waals surface area contributed by atoms with Crippen LogP contribution in [0.3, 0.4) is 0 Å². The number of carbonyl (C=O) groups excluding carboxylic acids is 2. The molecule has 0 unspecified atom stereocenters. The van der Waals surface area contributed by atoms with E-state index in [-0.39, 0.29) is 24.4 Å². The molecule has 5 heteroatoms. The fourth-order valence-corrected chi connectivity index (χ4v) is 2.20. The Balaban J connectivity index is 1.77. The average molecular weight is 359 g/mol. The van der Waals surface area contributed by atoms with Crippen LogP contribution in [0.25, 0.3) is 0 Å². The molecule has 1 aliphatic carbocycles. The molecule has 0 saturated heterocycles. The van der Waals surface area contributed by atoms with Gasteiger partial charge in [0.15, 0.2) is 6.61 Å². The molecule has 0 aliphatic heterocycles. The van der Waals surface area contributed by atoms with Crippen LogP contribution in [0.15, 0.2) is 24.3 Å². The Morgan fingerprint density at radius 1 is 1.50 bits per heavy atom. The zero-order valence-corrected chi connectivity index (χ0v) is 12.1. The predicted molar refractivity (Wildman–Crippen MR) is 76.0 cm³/mol. The minimum Gasteiger partial charge on any atom is -0.455 e. The van der Waals surface area contributed by atoms with E-state index < -0.39 is 0 Å². The van der Waals surface area contributed by atoms with Crippen molar-refractivity contribution in [3.63, 3.8) is 0 Å². The van der Waals surface area contributed by atoms with Crippen molar-refractivity contribution in [3.05, 3.63) is 27.8 Å². The fraction of sp³-hybridized carbons (Fsp3) is 0.385. The average Bonchev–Trinajstić information content (AvgIpc) is 3.03. The second kappa shape index (κ2) is 5.69. The molecule has 1 aromatic carbocycles. The van der Waals surface area contributed by atoms with Crippen LogP contribution in [0.1, 0.15) is 13.3 Å². The summed E-state index contributed by atoms with van der Waals surface area (Å²) in [6.07, 6.45) is 0.872. The Morgan fingerprint density at radius 3 is 2.83 bits per heavy atom. The normalized spacial score (nSPS) is 21.2. The molecule has 1 N–H and O–H groups in total. The number of anilines is 1. The Morgan fingerprint density at radius 2 is 2.22 bits per heavy atom. The van der Waals surface area contributed by atoms with Crippen LogP contribution in [0.4, 0.5) is 5.69 Å². The van der Waals surface area contributed by atoms with Gasteiger partial charge in [-0.3, -0.25) is 9.59 Å². The lowest BCUT2D eigenvalue weighted by Crippen LogP contribution is -2.21. The highest BCUT2D eigenvalue weighted by molar-refractivity contribution is 14.1. The largest absolute Gasteiger partial charge is 0.455 e. The van der Waals surface area contributed by atoms with Gasteiger partial charge >= 0.3 is 5.97 Å². The number of nitrogens with one attached hydrogen (secondary N) is 1. The van der Waals surface area contributed by atoms with Gasteiger partial charge in [-0.05, 0) is 53.1 Å². The summed E-state index contributed by atoms with van der Waals surface area (Å²) in [6, 6.07) is 7.44. The van der Waals surface area contributed by atoms with E-state index in [9.17, 15) is 9.59 Å². The van der Waals surface area contributed by atoms with E-state index in [4.69, 9.17) is 4.74 Å². The second-order valence-electron chi connectivity index (χ2n) is 4.49. The summed E-state index contributed by atoms with van der Waals surface area (Å²) >= 11 is 2.17. The first-order valence-electron chi connectivity index (χ1n) is 5.78. The molecule has 2 atom stereocenters. The molecule has 1 fully saturated rings. The topological polar surface area (TPSA) is 55.4 Å². The molecule has 1 aliphatic rings. The van der Waals surface area contributed by atoms with Crippen molar-refractivity contribution in [3.8, 4) is 0 Å². The van der Waals surface area contributed by atoms with Crippen molar-refractivity contribution < 1.29 is 14.3 Å². The highest BCUT2D eigenvalue weighted by Gasteiger charge is 2.40. The summed E-state index contributed by atoms with van der Waals surface area (Å²) < 4.78 is 5.98. The SMILES string of the molecule is C[C@H]1C[C@H]1C(=O)OCC(=O)Nc1cccc(I)c1. The van der Waals surface area contributed by atoms with Crippen LogP contribution in [0.5, 0.6) is 0 Å². The Bertz CT molecular complexity index is 475. The van der Waals surface area contributed by atoms with E-state index in [1.807, 2.05) is 25.1 Å². The Hall–Kier alpha value is -1.11. The number of hydrogen-bond donors (Lipinski definition) is 1. The molecule has 1 saturated carbocycles. The minimum atomic E-state index is -0.307. The van der Waals surface area contributed by atoms with Gasteiger partial charge in [-0.25, -0.2) is 0 Å². The van der Waals surface area contributed by atoms with Crippen LogP contribution in [-0.4, -0.2) is 18.5 Å². The molecule has 18 heavy (non-hydrogen) atoms. The maximum absolute atomic E-state index is 11.6. The standard InChI is InChI=1S/C13H14INO3/c1-8-5-11(8)13(17)18-7-12(16)15-10-4-2-3-9(14)6-10/h2-4,6,8,11H,5,7H2,1H3,(H,15,16)/t8-,11+/m0/s1. The van der Waals surface area contributed by atoms with Crippen LogP contribution in [-0.2, 0) is 14.3 Å². The molecule has 1 amide bonds. The van der Waals surface area contributed by atoms with Crippen molar-refractivity contribution in [1.29, 1.82) is 0 Å². The molecular formula is C13H14INO3. The van der Waals surface area contributed by atoms with E-state index in [0.717, 1.165) is 9.99 Å². The molecule has 2 rings (SSSR count). The number of carbonyl (C=O) groups is 2. The number of esters is 1. The molecular weight excluding hydrogens is 345 g/mol. The second-order valence-corrected chi connectivity index (χ2v) is 5.73. The van der Waals surface area contributed by atoms with Crippen molar-refractivity contribution in [2.24, 2.45) is 11.8 Å². The number of benzene rings is 1. The lowest BCUT2D eigenvalue weighted by molar-refractivity contribution is -0.148. The summed E-state index contributed by atoms with van der Waals surface area (Å²) in [5.74, 6) is -0.175. The lowest BCUT2D eigenvalue weighted by atomic mass is 10.3. The quantitative estimate of drug-likeness (QED) is 0.664. The molecule has 0 radical (unpaired) electrons. The van der Waals surface area contributed by atoms with Crippen molar-refractivity contribution in [2.45, 2.75) is 13.3 Å². The third kappa shape index (κ3) is 3.69. The third-order valence-corrected chi connectivity index (χ3v) is 3.54. The maximum atomic E-state index is 11.6. The molecule has 0 heterocycles. The van der Waals surface area contributed by atoms with Crippen LogP contribution in [0.2, 0.25) is 0 Å².